The Morgan fingerprint density at radius 2 is 1.90 bits per heavy atom. The second-order valence-electron chi connectivity index (χ2n) is 4.99. The standard InChI is InChI=1S/C16H16ClN3/c1-11-10-16(12-2-6-14(18)7-3-12)19-20(11)15-8-4-13(17)5-9-15/h2,4-6,8-10H,3,7,18H2,1H3. The van der Waals surface area contributed by atoms with Crippen LogP contribution in [0.3, 0.4) is 0 Å². The van der Waals surface area contributed by atoms with Crippen molar-refractivity contribution in [2.24, 2.45) is 5.73 Å². The van der Waals surface area contributed by atoms with Crippen molar-refractivity contribution < 1.29 is 0 Å². The van der Waals surface area contributed by atoms with Crippen LogP contribution in [0.2, 0.25) is 5.02 Å². The van der Waals surface area contributed by atoms with Crippen molar-refractivity contribution in [2.75, 3.05) is 0 Å². The topological polar surface area (TPSA) is 43.8 Å². The minimum absolute atomic E-state index is 0.731. The lowest BCUT2D eigenvalue weighted by molar-refractivity contribution is 0.836. The highest BCUT2D eigenvalue weighted by Crippen LogP contribution is 2.26. The third kappa shape index (κ3) is 2.49. The Kier molecular flexibility index (Phi) is 3.36. The maximum Gasteiger partial charge on any atom is 0.0890 e. The number of nitrogens with two attached hydrogens (primary N) is 1. The molecule has 20 heavy (non-hydrogen) atoms. The van der Waals surface area contributed by atoms with E-state index in [1.807, 2.05) is 35.0 Å². The van der Waals surface area contributed by atoms with Crippen LogP contribution in [0.4, 0.5) is 0 Å². The molecule has 0 unspecified atom stereocenters. The molecule has 0 radical (unpaired) electrons. The van der Waals surface area contributed by atoms with Gasteiger partial charge in [0.15, 0.2) is 0 Å². The first-order chi connectivity index (χ1) is 9.63. The van der Waals surface area contributed by atoms with Gasteiger partial charge in [-0.25, -0.2) is 4.68 Å². The van der Waals surface area contributed by atoms with Gasteiger partial charge in [0.2, 0.25) is 0 Å². The molecule has 1 aromatic heterocycles. The van der Waals surface area contributed by atoms with Gasteiger partial charge in [0.25, 0.3) is 0 Å². The molecule has 1 aliphatic rings. The van der Waals surface area contributed by atoms with Crippen LogP contribution in [0.15, 0.2) is 48.2 Å². The Morgan fingerprint density at radius 3 is 2.55 bits per heavy atom. The van der Waals surface area contributed by atoms with E-state index < -0.39 is 0 Å². The molecule has 0 bridgehead atoms. The van der Waals surface area contributed by atoms with Gasteiger partial charge in [-0.05, 0) is 61.7 Å². The average molecular weight is 286 g/mol. The number of allylic oxidation sites excluding steroid dienone is 4. The van der Waals surface area contributed by atoms with Gasteiger partial charge in [-0.2, -0.15) is 5.10 Å². The van der Waals surface area contributed by atoms with Crippen LogP contribution in [0, 0.1) is 6.92 Å². The molecular formula is C16H16ClN3. The summed E-state index contributed by atoms with van der Waals surface area (Å²) in [7, 11) is 0. The van der Waals surface area contributed by atoms with Crippen molar-refractivity contribution in [3.8, 4) is 5.69 Å². The van der Waals surface area contributed by atoms with Crippen LogP contribution in [0.5, 0.6) is 0 Å². The Labute approximate surface area is 123 Å². The molecule has 1 aromatic carbocycles. The normalized spacial score (nSPS) is 14.9. The fourth-order valence-electron chi connectivity index (χ4n) is 2.34. The van der Waals surface area contributed by atoms with Gasteiger partial charge in [0.05, 0.1) is 11.4 Å². The van der Waals surface area contributed by atoms with E-state index in [9.17, 15) is 0 Å². The van der Waals surface area contributed by atoms with Crippen molar-refractivity contribution in [3.63, 3.8) is 0 Å². The summed E-state index contributed by atoms with van der Waals surface area (Å²) in [5, 5.41) is 5.42. The quantitative estimate of drug-likeness (QED) is 0.911. The van der Waals surface area contributed by atoms with E-state index in [1.165, 1.54) is 5.57 Å². The number of nitrogens with zero attached hydrogens (tertiary/aromatic N) is 2. The highest BCUT2D eigenvalue weighted by molar-refractivity contribution is 6.30. The molecule has 0 spiro atoms. The van der Waals surface area contributed by atoms with Crippen molar-refractivity contribution in [3.05, 3.63) is 64.6 Å². The molecule has 0 saturated heterocycles. The first kappa shape index (κ1) is 13.0. The molecule has 3 rings (SSSR count). The lowest BCUT2D eigenvalue weighted by atomic mass is 10.0. The smallest absolute Gasteiger partial charge is 0.0890 e. The van der Waals surface area contributed by atoms with Gasteiger partial charge in [-0.1, -0.05) is 17.7 Å². The molecule has 1 heterocycles. The molecule has 102 valence electrons. The molecule has 2 N–H and O–H groups in total. The van der Waals surface area contributed by atoms with Crippen LogP contribution in [0.25, 0.3) is 11.3 Å². The molecular weight excluding hydrogens is 270 g/mol. The summed E-state index contributed by atoms with van der Waals surface area (Å²) in [4.78, 5) is 0. The second-order valence-corrected chi connectivity index (χ2v) is 5.43. The zero-order chi connectivity index (χ0) is 14.1. The fraction of sp³-hybridized carbons (Fsp3) is 0.188. The first-order valence-electron chi connectivity index (χ1n) is 6.61. The first-order valence-corrected chi connectivity index (χ1v) is 6.99. The summed E-state index contributed by atoms with van der Waals surface area (Å²) in [5.74, 6) is 0. The Hall–Kier alpha value is -2.00. The summed E-state index contributed by atoms with van der Waals surface area (Å²) in [6, 6.07) is 9.80. The number of halogens is 1. The van der Waals surface area contributed by atoms with E-state index in [4.69, 9.17) is 22.4 Å². The van der Waals surface area contributed by atoms with E-state index in [-0.39, 0.29) is 0 Å². The minimum atomic E-state index is 0.731. The molecule has 0 amide bonds. The van der Waals surface area contributed by atoms with E-state index in [2.05, 4.69) is 19.1 Å². The van der Waals surface area contributed by atoms with Gasteiger partial charge >= 0.3 is 0 Å². The lowest BCUT2D eigenvalue weighted by Gasteiger charge is -2.09. The fourth-order valence-corrected chi connectivity index (χ4v) is 2.47. The Bertz CT molecular complexity index is 693. The highest BCUT2D eigenvalue weighted by Gasteiger charge is 2.12. The summed E-state index contributed by atoms with van der Waals surface area (Å²) < 4.78 is 1.94. The predicted molar refractivity (Wildman–Crippen MR) is 82.8 cm³/mol. The Morgan fingerprint density at radius 1 is 1.15 bits per heavy atom. The van der Waals surface area contributed by atoms with Gasteiger partial charge in [0, 0.05) is 16.4 Å². The molecule has 0 fully saturated rings. The van der Waals surface area contributed by atoms with Gasteiger partial charge in [0.1, 0.15) is 0 Å². The van der Waals surface area contributed by atoms with E-state index in [1.54, 1.807) is 0 Å². The Balaban J connectivity index is 1.97. The van der Waals surface area contributed by atoms with Crippen LogP contribution >= 0.6 is 11.6 Å². The molecule has 1 aliphatic carbocycles. The summed E-state index contributed by atoms with van der Waals surface area (Å²) in [5.41, 5.74) is 11.1. The van der Waals surface area contributed by atoms with Crippen molar-refractivity contribution >= 4 is 17.2 Å². The van der Waals surface area contributed by atoms with Crippen LogP contribution in [-0.2, 0) is 0 Å². The molecule has 0 saturated carbocycles. The minimum Gasteiger partial charge on any atom is -0.402 e. The number of benzene rings is 1. The molecule has 2 aromatic rings. The third-order valence-electron chi connectivity index (χ3n) is 3.47. The van der Waals surface area contributed by atoms with Crippen LogP contribution in [0.1, 0.15) is 24.2 Å². The second kappa shape index (κ2) is 5.17. The lowest BCUT2D eigenvalue weighted by Crippen LogP contribution is -2.02. The van der Waals surface area contributed by atoms with Gasteiger partial charge in [-0.3, -0.25) is 0 Å². The SMILES string of the molecule is Cc1cc(C2=CC=C(N)CC2)nn1-c1ccc(Cl)cc1. The van der Waals surface area contributed by atoms with Crippen LogP contribution in [-0.4, -0.2) is 9.78 Å². The number of rotatable bonds is 2. The van der Waals surface area contributed by atoms with Crippen molar-refractivity contribution in [1.29, 1.82) is 0 Å². The molecule has 0 atom stereocenters. The average Bonchev–Trinajstić information content (AvgIpc) is 2.82. The number of aryl methyl sites for hydroxylation is 1. The maximum absolute atomic E-state index is 5.92. The zero-order valence-corrected chi connectivity index (χ0v) is 12.1. The van der Waals surface area contributed by atoms with Crippen molar-refractivity contribution in [1.82, 2.24) is 9.78 Å². The van der Waals surface area contributed by atoms with E-state index in [0.717, 1.165) is 40.6 Å². The molecule has 4 heteroatoms. The van der Waals surface area contributed by atoms with Gasteiger partial charge in [-0.15, -0.1) is 0 Å². The highest BCUT2D eigenvalue weighted by atomic mass is 35.5. The third-order valence-corrected chi connectivity index (χ3v) is 3.72. The van der Waals surface area contributed by atoms with Crippen LogP contribution < -0.4 is 5.73 Å². The number of hydrogen-bond donors (Lipinski definition) is 1. The number of aromatic nitrogens is 2. The summed E-state index contributed by atoms with van der Waals surface area (Å²) in [6.45, 7) is 2.05. The van der Waals surface area contributed by atoms with E-state index in [0.29, 0.717) is 0 Å². The van der Waals surface area contributed by atoms with E-state index >= 15 is 0 Å². The maximum atomic E-state index is 5.92. The summed E-state index contributed by atoms with van der Waals surface area (Å²) >= 11 is 5.92. The largest absolute Gasteiger partial charge is 0.402 e. The number of hydrogen-bond acceptors (Lipinski definition) is 2. The molecule has 3 nitrogen and oxygen atoms in total. The monoisotopic (exact) mass is 285 g/mol. The van der Waals surface area contributed by atoms with Gasteiger partial charge < -0.3 is 5.73 Å². The zero-order valence-electron chi connectivity index (χ0n) is 11.3. The summed E-state index contributed by atoms with van der Waals surface area (Å²) in [6.07, 6.45) is 5.88. The predicted octanol–water partition coefficient (Wildman–Crippen LogP) is 3.85. The molecule has 0 aliphatic heterocycles. The van der Waals surface area contributed by atoms with Crippen molar-refractivity contribution in [2.45, 2.75) is 19.8 Å².